The van der Waals surface area contributed by atoms with Crippen molar-refractivity contribution in [2.75, 3.05) is 11.5 Å². The van der Waals surface area contributed by atoms with Gasteiger partial charge in [-0.2, -0.15) is 13.2 Å². The van der Waals surface area contributed by atoms with Gasteiger partial charge in [0.05, 0.1) is 22.5 Å². The standard InChI is InChI=1S/C17H18F3N3O3S/c18-17(19,20)16-21-13-3-1-2-4-14(13)22(16)9-15(24)23(11-5-6-11)12-7-8-27(25,26)10-12/h1-4,11-12H,5-10H2. The van der Waals surface area contributed by atoms with Gasteiger partial charge < -0.3 is 9.47 Å². The van der Waals surface area contributed by atoms with Crippen LogP contribution in [0.4, 0.5) is 13.2 Å². The molecule has 146 valence electrons. The van der Waals surface area contributed by atoms with E-state index in [4.69, 9.17) is 0 Å². The third kappa shape index (κ3) is 3.54. The fourth-order valence-electron chi connectivity index (χ4n) is 3.72. The average Bonchev–Trinajstić information content (AvgIpc) is 3.23. The fourth-order valence-corrected chi connectivity index (χ4v) is 5.43. The van der Waals surface area contributed by atoms with E-state index in [-0.39, 0.29) is 28.6 Å². The van der Waals surface area contributed by atoms with Crippen LogP contribution in [0.5, 0.6) is 0 Å². The van der Waals surface area contributed by atoms with Crippen molar-refractivity contribution in [2.45, 2.75) is 44.1 Å². The molecule has 27 heavy (non-hydrogen) atoms. The molecule has 1 unspecified atom stereocenters. The van der Waals surface area contributed by atoms with Crippen molar-refractivity contribution in [1.82, 2.24) is 14.5 Å². The molecule has 1 aromatic heterocycles. The Morgan fingerprint density at radius 2 is 1.89 bits per heavy atom. The highest BCUT2D eigenvalue weighted by atomic mass is 32.2. The highest BCUT2D eigenvalue weighted by molar-refractivity contribution is 7.91. The van der Waals surface area contributed by atoms with Gasteiger partial charge in [0.1, 0.15) is 6.54 Å². The molecule has 1 saturated heterocycles. The number of carbonyl (C=O) groups excluding carboxylic acids is 1. The van der Waals surface area contributed by atoms with Crippen molar-refractivity contribution >= 4 is 26.8 Å². The number of hydrogen-bond acceptors (Lipinski definition) is 4. The maximum Gasteiger partial charge on any atom is 0.449 e. The van der Waals surface area contributed by atoms with Crippen LogP contribution in [0.2, 0.25) is 0 Å². The second-order valence-electron chi connectivity index (χ2n) is 7.10. The first kappa shape index (κ1) is 18.3. The predicted octanol–water partition coefficient (Wildman–Crippen LogP) is 2.23. The zero-order valence-electron chi connectivity index (χ0n) is 14.3. The lowest BCUT2D eigenvalue weighted by Gasteiger charge is -2.29. The Balaban J connectivity index is 1.67. The number of para-hydroxylation sites is 2. The van der Waals surface area contributed by atoms with Gasteiger partial charge in [0.2, 0.25) is 11.7 Å². The smallest absolute Gasteiger partial charge is 0.334 e. The lowest BCUT2D eigenvalue weighted by Crippen LogP contribution is -2.44. The van der Waals surface area contributed by atoms with Crippen LogP contribution in [0.3, 0.4) is 0 Å². The summed E-state index contributed by atoms with van der Waals surface area (Å²) in [6.45, 7) is -0.512. The molecule has 1 aromatic carbocycles. The largest absolute Gasteiger partial charge is 0.449 e. The van der Waals surface area contributed by atoms with Crippen molar-refractivity contribution in [3.63, 3.8) is 0 Å². The monoisotopic (exact) mass is 401 g/mol. The molecule has 1 saturated carbocycles. The van der Waals surface area contributed by atoms with Gasteiger partial charge in [0.15, 0.2) is 9.84 Å². The Morgan fingerprint density at radius 1 is 1.19 bits per heavy atom. The minimum Gasteiger partial charge on any atom is -0.334 e. The number of halogens is 3. The Morgan fingerprint density at radius 3 is 2.48 bits per heavy atom. The van der Waals surface area contributed by atoms with Gasteiger partial charge >= 0.3 is 6.18 Å². The summed E-state index contributed by atoms with van der Waals surface area (Å²) < 4.78 is 64.7. The average molecular weight is 401 g/mol. The van der Waals surface area contributed by atoms with Gasteiger partial charge in [-0.25, -0.2) is 13.4 Å². The number of amides is 1. The van der Waals surface area contributed by atoms with Crippen molar-refractivity contribution in [3.8, 4) is 0 Å². The van der Waals surface area contributed by atoms with Crippen LogP contribution in [0.15, 0.2) is 24.3 Å². The molecular formula is C17H18F3N3O3S. The molecule has 1 atom stereocenters. The van der Waals surface area contributed by atoms with E-state index >= 15 is 0 Å². The zero-order chi connectivity index (χ0) is 19.4. The van der Waals surface area contributed by atoms with E-state index < -0.39 is 40.3 Å². The first-order valence-corrected chi connectivity index (χ1v) is 10.5. The topological polar surface area (TPSA) is 72.3 Å². The summed E-state index contributed by atoms with van der Waals surface area (Å²) in [7, 11) is -3.20. The van der Waals surface area contributed by atoms with Crippen LogP contribution in [0.1, 0.15) is 25.1 Å². The highest BCUT2D eigenvalue weighted by Crippen LogP contribution is 2.34. The lowest BCUT2D eigenvalue weighted by atomic mass is 10.2. The number of fused-ring (bicyclic) bond motifs is 1. The SMILES string of the molecule is O=C(Cn1c(C(F)(F)F)nc2ccccc21)N(C1CC1)C1CCS(=O)(=O)C1. The number of aromatic nitrogens is 2. The molecule has 6 nitrogen and oxygen atoms in total. The summed E-state index contributed by atoms with van der Waals surface area (Å²) in [4.78, 5) is 18.1. The number of benzene rings is 1. The minimum atomic E-state index is -4.69. The summed E-state index contributed by atoms with van der Waals surface area (Å²) in [5, 5.41) is 0. The van der Waals surface area contributed by atoms with Gasteiger partial charge in [-0.05, 0) is 31.4 Å². The molecule has 2 aliphatic rings. The van der Waals surface area contributed by atoms with Gasteiger partial charge in [-0.1, -0.05) is 12.1 Å². The molecule has 1 aliphatic heterocycles. The van der Waals surface area contributed by atoms with E-state index in [1.807, 2.05) is 0 Å². The highest BCUT2D eigenvalue weighted by Gasteiger charge is 2.43. The predicted molar refractivity (Wildman–Crippen MR) is 91.7 cm³/mol. The number of alkyl halides is 3. The molecule has 2 fully saturated rings. The molecule has 0 radical (unpaired) electrons. The van der Waals surface area contributed by atoms with Crippen molar-refractivity contribution in [1.29, 1.82) is 0 Å². The molecule has 1 amide bonds. The van der Waals surface area contributed by atoms with Crippen LogP contribution in [0, 0.1) is 0 Å². The van der Waals surface area contributed by atoms with Gasteiger partial charge in [0.25, 0.3) is 0 Å². The number of sulfone groups is 1. The van der Waals surface area contributed by atoms with Crippen molar-refractivity contribution in [3.05, 3.63) is 30.1 Å². The fraction of sp³-hybridized carbons (Fsp3) is 0.529. The quantitative estimate of drug-likeness (QED) is 0.788. The van der Waals surface area contributed by atoms with E-state index in [9.17, 15) is 26.4 Å². The van der Waals surface area contributed by atoms with Crippen LogP contribution >= 0.6 is 0 Å². The van der Waals surface area contributed by atoms with Crippen LogP contribution in [-0.2, 0) is 27.4 Å². The van der Waals surface area contributed by atoms with E-state index in [1.54, 1.807) is 12.1 Å². The summed E-state index contributed by atoms with van der Waals surface area (Å²) in [6, 6.07) is 5.59. The number of rotatable bonds is 4. The normalized spacial score (nSPS) is 22.3. The molecular weight excluding hydrogens is 383 g/mol. The van der Waals surface area contributed by atoms with Crippen LogP contribution < -0.4 is 0 Å². The molecule has 0 N–H and O–H groups in total. The van der Waals surface area contributed by atoms with Crippen LogP contribution in [-0.4, -0.2) is 52.4 Å². The summed E-state index contributed by atoms with van der Waals surface area (Å²) in [5.74, 6) is -1.72. The Bertz CT molecular complexity index is 996. The van der Waals surface area contributed by atoms with E-state index in [1.165, 1.54) is 17.0 Å². The first-order valence-electron chi connectivity index (χ1n) is 8.70. The molecule has 0 bridgehead atoms. The van der Waals surface area contributed by atoms with Gasteiger partial charge in [-0.3, -0.25) is 4.79 Å². The van der Waals surface area contributed by atoms with Crippen molar-refractivity contribution in [2.24, 2.45) is 0 Å². The Labute approximate surface area is 153 Å². The minimum absolute atomic E-state index is 0.00989. The number of nitrogens with zero attached hydrogens (tertiary/aromatic N) is 3. The summed E-state index contributed by atoms with van der Waals surface area (Å²) in [6.07, 6.45) is -2.86. The Kier molecular flexibility index (Phi) is 4.21. The Hall–Kier alpha value is -2.10. The molecule has 0 spiro atoms. The molecule has 2 heterocycles. The first-order chi connectivity index (χ1) is 12.7. The van der Waals surface area contributed by atoms with E-state index in [0.717, 1.165) is 17.4 Å². The van der Waals surface area contributed by atoms with Gasteiger partial charge in [-0.15, -0.1) is 0 Å². The second kappa shape index (κ2) is 6.22. The zero-order valence-corrected chi connectivity index (χ0v) is 15.1. The lowest BCUT2D eigenvalue weighted by molar-refractivity contribution is -0.148. The second-order valence-corrected chi connectivity index (χ2v) is 9.33. The molecule has 10 heteroatoms. The van der Waals surface area contributed by atoms with Crippen molar-refractivity contribution < 1.29 is 26.4 Å². The third-order valence-electron chi connectivity index (χ3n) is 5.03. The number of carbonyl (C=O) groups is 1. The molecule has 4 rings (SSSR count). The molecule has 2 aromatic rings. The van der Waals surface area contributed by atoms with E-state index in [0.29, 0.717) is 6.42 Å². The third-order valence-corrected chi connectivity index (χ3v) is 6.78. The van der Waals surface area contributed by atoms with Crippen LogP contribution in [0.25, 0.3) is 11.0 Å². The maximum absolute atomic E-state index is 13.4. The number of imidazole rings is 1. The maximum atomic E-state index is 13.4. The number of hydrogen-bond donors (Lipinski definition) is 0. The summed E-state index contributed by atoms with van der Waals surface area (Å²) in [5.41, 5.74) is 0.395. The van der Waals surface area contributed by atoms with Gasteiger partial charge in [0, 0.05) is 12.1 Å². The molecule has 1 aliphatic carbocycles. The summed E-state index contributed by atoms with van der Waals surface area (Å²) >= 11 is 0. The van der Waals surface area contributed by atoms with E-state index in [2.05, 4.69) is 4.98 Å².